The van der Waals surface area contributed by atoms with Gasteiger partial charge in [-0.3, -0.25) is 4.79 Å². The third-order valence-electron chi connectivity index (χ3n) is 2.54. The molecule has 0 aliphatic rings. The lowest BCUT2D eigenvalue weighted by Crippen LogP contribution is -2.47. The van der Waals surface area contributed by atoms with E-state index in [1.165, 1.54) is 16.2 Å². The standard InChI is InChI=1S/C12H16N2O5S/c1-14(6-8-3-4-20-7-8)12(18)13-9(11(16)17)5-10(15)19-2/h3-4,7,9H,5-6H2,1-2H3,(H,13,18)(H,16,17)/t9-/m0/s1. The minimum atomic E-state index is -1.31. The van der Waals surface area contributed by atoms with Crippen molar-refractivity contribution in [3.63, 3.8) is 0 Å². The van der Waals surface area contributed by atoms with Crippen LogP contribution in [0, 0.1) is 0 Å². The van der Waals surface area contributed by atoms with Crippen LogP contribution in [0.2, 0.25) is 0 Å². The van der Waals surface area contributed by atoms with Crippen LogP contribution in [0.15, 0.2) is 16.8 Å². The van der Waals surface area contributed by atoms with Crippen molar-refractivity contribution in [2.45, 2.75) is 19.0 Å². The van der Waals surface area contributed by atoms with Crippen molar-refractivity contribution in [3.8, 4) is 0 Å². The maximum atomic E-state index is 11.9. The molecule has 20 heavy (non-hydrogen) atoms. The summed E-state index contributed by atoms with van der Waals surface area (Å²) >= 11 is 1.51. The number of carbonyl (C=O) groups excluding carboxylic acids is 2. The quantitative estimate of drug-likeness (QED) is 0.761. The minimum Gasteiger partial charge on any atom is -0.480 e. The number of amides is 2. The third-order valence-corrected chi connectivity index (χ3v) is 3.27. The number of nitrogens with one attached hydrogen (secondary N) is 1. The molecule has 0 radical (unpaired) electrons. The van der Waals surface area contributed by atoms with Crippen LogP contribution in [0.1, 0.15) is 12.0 Å². The molecule has 0 aromatic carbocycles. The molecule has 1 aromatic rings. The van der Waals surface area contributed by atoms with Gasteiger partial charge < -0.3 is 20.1 Å². The molecule has 1 heterocycles. The van der Waals surface area contributed by atoms with Gasteiger partial charge in [-0.15, -0.1) is 0 Å². The van der Waals surface area contributed by atoms with E-state index in [9.17, 15) is 14.4 Å². The van der Waals surface area contributed by atoms with Gasteiger partial charge >= 0.3 is 18.0 Å². The lowest BCUT2D eigenvalue weighted by molar-refractivity contribution is -0.147. The van der Waals surface area contributed by atoms with E-state index < -0.39 is 30.4 Å². The summed E-state index contributed by atoms with van der Waals surface area (Å²) in [4.78, 5) is 35.3. The predicted octanol–water partition coefficient (Wildman–Crippen LogP) is 0.906. The molecule has 0 saturated heterocycles. The van der Waals surface area contributed by atoms with Crippen molar-refractivity contribution >= 4 is 29.3 Å². The monoisotopic (exact) mass is 300 g/mol. The van der Waals surface area contributed by atoms with Crippen molar-refractivity contribution in [1.29, 1.82) is 0 Å². The Hall–Kier alpha value is -2.09. The molecule has 0 bridgehead atoms. The Kier molecular flexibility index (Phi) is 5.98. The molecule has 2 amide bonds. The molecule has 0 aliphatic carbocycles. The van der Waals surface area contributed by atoms with E-state index in [2.05, 4.69) is 10.1 Å². The first-order valence-electron chi connectivity index (χ1n) is 5.76. The van der Waals surface area contributed by atoms with Crippen LogP contribution >= 0.6 is 11.3 Å². The van der Waals surface area contributed by atoms with Gasteiger partial charge in [0.2, 0.25) is 0 Å². The number of nitrogens with zero attached hydrogens (tertiary/aromatic N) is 1. The van der Waals surface area contributed by atoms with Crippen LogP contribution in [0.5, 0.6) is 0 Å². The molecule has 0 fully saturated rings. The molecule has 1 rings (SSSR count). The van der Waals surface area contributed by atoms with Gasteiger partial charge in [0, 0.05) is 13.6 Å². The molecule has 2 N–H and O–H groups in total. The second-order valence-corrected chi connectivity index (χ2v) is 4.89. The number of aliphatic carboxylic acids is 1. The summed E-state index contributed by atoms with van der Waals surface area (Å²) in [6.07, 6.45) is -0.413. The Morgan fingerprint density at radius 3 is 2.70 bits per heavy atom. The Morgan fingerprint density at radius 1 is 1.50 bits per heavy atom. The molecule has 8 heteroatoms. The number of urea groups is 1. The van der Waals surface area contributed by atoms with E-state index >= 15 is 0 Å². The van der Waals surface area contributed by atoms with E-state index in [4.69, 9.17) is 5.11 Å². The van der Waals surface area contributed by atoms with Crippen LogP contribution in [0.4, 0.5) is 4.79 Å². The third kappa shape index (κ3) is 4.88. The minimum absolute atomic E-state index is 0.361. The molecular formula is C12H16N2O5S. The van der Waals surface area contributed by atoms with Crippen LogP contribution in [0.25, 0.3) is 0 Å². The Balaban J connectivity index is 2.56. The number of hydrogen-bond donors (Lipinski definition) is 2. The molecule has 0 aliphatic heterocycles. The van der Waals surface area contributed by atoms with Crippen molar-refractivity contribution in [3.05, 3.63) is 22.4 Å². The van der Waals surface area contributed by atoms with Crippen LogP contribution in [-0.2, 0) is 20.9 Å². The fourth-order valence-corrected chi connectivity index (χ4v) is 2.10. The molecule has 110 valence electrons. The fraction of sp³-hybridized carbons (Fsp3) is 0.417. The molecule has 0 saturated carbocycles. The van der Waals surface area contributed by atoms with Crippen molar-refractivity contribution < 1.29 is 24.2 Å². The van der Waals surface area contributed by atoms with E-state index in [1.54, 1.807) is 7.05 Å². The lowest BCUT2D eigenvalue weighted by atomic mass is 10.2. The van der Waals surface area contributed by atoms with E-state index in [0.29, 0.717) is 6.54 Å². The average molecular weight is 300 g/mol. The summed E-state index contributed by atoms with van der Waals surface area (Å²) in [5.74, 6) is -1.98. The number of methoxy groups -OCH3 is 1. The Labute approximate surface area is 120 Å². The average Bonchev–Trinajstić information content (AvgIpc) is 2.90. The topological polar surface area (TPSA) is 95.9 Å². The molecule has 1 atom stereocenters. The molecule has 7 nitrogen and oxygen atoms in total. The van der Waals surface area contributed by atoms with Crippen molar-refractivity contribution in [2.24, 2.45) is 0 Å². The van der Waals surface area contributed by atoms with Crippen LogP contribution < -0.4 is 5.32 Å². The molecule has 0 spiro atoms. The van der Waals surface area contributed by atoms with Crippen molar-refractivity contribution in [2.75, 3.05) is 14.2 Å². The number of esters is 1. The summed E-state index contributed by atoms with van der Waals surface area (Å²) in [7, 11) is 2.70. The highest BCUT2D eigenvalue weighted by atomic mass is 32.1. The van der Waals surface area contributed by atoms with Crippen molar-refractivity contribution in [1.82, 2.24) is 10.2 Å². The Morgan fingerprint density at radius 2 is 2.20 bits per heavy atom. The lowest BCUT2D eigenvalue weighted by Gasteiger charge is -2.20. The number of hydrogen-bond acceptors (Lipinski definition) is 5. The van der Waals surface area contributed by atoms with Gasteiger partial charge in [0.15, 0.2) is 0 Å². The van der Waals surface area contributed by atoms with Gasteiger partial charge in [0.1, 0.15) is 6.04 Å². The molecule has 0 unspecified atom stereocenters. The maximum Gasteiger partial charge on any atom is 0.326 e. The first-order valence-corrected chi connectivity index (χ1v) is 6.70. The zero-order valence-electron chi connectivity index (χ0n) is 11.2. The zero-order valence-corrected chi connectivity index (χ0v) is 12.0. The van der Waals surface area contributed by atoms with Gasteiger partial charge in [-0.1, -0.05) is 0 Å². The van der Waals surface area contributed by atoms with Gasteiger partial charge in [-0.2, -0.15) is 11.3 Å². The predicted molar refractivity (Wildman–Crippen MR) is 72.4 cm³/mol. The van der Waals surface area contributed by atoms with Crippen LogP contribution in [0.3, 0.4) is 0 Å². The molecule has 1 aromatic heterocycles. The second-order valence-electron chi connectivity index (χ2n) is 4.11. The zero-order chi connectivity index (χ0) is 15.1. The smallest absolute Gasteiger partial charge is 0.326 e. The number of carbonyl (C=O) groups is 3. The van der Waals surface area contributed by atoms with E-state index in [0.717, 1.165) is 12.7 Å². The highest BCUT2D eigenvalue weighted by Gasteiger charge is 2.25. The first-order chi connectivity index (χ1) is 9.43. The van der Waals surface area contributed by atoms with E-state index in [-0.39, 0.29) is 0 Å². The highest BCUT2D eigenvalue weighted by Crippen LogP contribution is 2.08. The Bertz CT molecular complexity index is 474. The summed E-state index contributed by atoms with van der Waals surface area (Å²) in [6, 6.07) is 0.00442. The number of thiophene rings is 1. The number of rotatable bonds is 6. The van der Waals surface area contributed by atoms with Gasteiger partial charge in [0.25, 0.3) is 0 Å². The largest absolute Gasteiger partial charge is 0.480 e. The van der Waals surface area contributed by atoms with Gasteiger partial charge in [0.05, 0.1) is 13.5 Å². The summed E-state index contributed by atoms with van der Waals surface area (Å²) < 4.78 is 4.39. The highest BCUT2D eigenvalue weighted by molar-refractivity contribution is 7.07. The maximum absolute atomic E-state index is 11.9. The summed E-state index contributed by atoms with van der Waals surface area (Å²) in [5, 5.41) is 15.0. The van der Waals surface area contributed by atoms with Crippen LogP contribution in [-0.4, -0.2) is 48.2 Å². The number of ether oxygens (including phenoxy) is 1. The molecular weight excluding hydrogens is 284 g/mol. The number of carboxylic acid groups (broad SMARTS) is 1. The van der Waals surface area contributed by atoms with E-state index in [1.807, 2.05) is 16.8 Å². The van der Waals surface area contributed by atoms with Gasteiger partial charge in [-0.05, 0) is 22.4 Å². The fourth-order valence-electron chi connectivity index (χ4n) is 1.44. The number of carboxylic acids is 1. The first kappa shape index (κ1) is 16.0. The summed E-state index contributed by atoms with van der Waals surface area (Å²) in [6.45, 7) is 0.361. The normalized spacial score (nSPS) is 11.5. The summed E-state index contributed by atoms with van der Waals surface area (Å²) in [5.41, 5.74) is 0.951. The van der Waals surface area contributed by atoms with Gasteiger partial charge in [-0.25, -0.2) is 9.59 Å². The second kappa shape index (κ2) is 7.49. The SMILES string of the molecule is COC(=O)C[C@H](NC(=O)N(C)Cc1ccsc1)C(=O)O.